The van der Waals surface area contributed by atoms with Gasteiger partial charge in [-0.2, -0.15) is 0 Å². The normalized spacial score (nSPS) is 14.9. The smallest absolute Gasteiger partial charge is 0.265 e. The number of thiazole rings is 1. The Bertz CT molecular complexity index is 782. The van der Waals surface area contributed by atoms with Crippen molar-refractivity contribution in [1.82, 2.24) is 14.8 Å². The summed E-state index contributed by atoms with van der Waals surface area (Å²) in [5.74, 6) is -0.382. The van der Waals surface area contributed by atoms with Gasteiger partial charge in [0, 0.05) is 37.7 Å². The molecule has 1 aliphatic rings. The number of hydrogen-bond acceptors (Lipinski definition) is 4. The Morgan fingerprint density at radius 1 is 1.12 bits per heavy atom. The van der Waals surface area contributed by atoms with Gasteiger partial charge in [-0.1, -0.05) is 26.0 Å². The first-order chi connectivity index (χ1) is 12.0. The topological polar surface area (TPSA) is 53.5 Å². The maximum atomic E-state index is 13.9. The number of hydrogen-bond donors (Lipinski definition) is 0. The summed E-state index contributed by atoms with van der Waals surface area (Å²) < 4.78 is 13.9. The number of carbonyl (C=O) groups excluding carboxylic acids is 2. The predicted octanol–water partition coefficient (Wildman–Crippen LogP) is 2.89. The highest BCUT2D eigenvalue weighted by molar-refractivity contribution is 7.16. The first-order valence-electron chi connectivity index (χ1n) is 8.26. The van der Waals surface area contributed by atoms with E-state index in [1.54, 1.807) is 28.0 Å². The van der Waals surface area contributed by atoms with Crippen LogP contribution in [0.25, 0.3) is 10.6 Å². The number of amides is 2. The third-order valence-corrected chi connectivity index (χ3v) is 5.21. The Morgan fingerprint density at radius 3 is 2.40 bits per heavy atom. The Morgan fingerprint density at radius 2 is 1.76 bits per heavy atom. The van der Waals surface area contributed by atoms with Crippen molar-refractivity contribution in [1.29, 1.82) is 0 Å². The second-order valence-electron chi connectivity index (χ2n) is 6.28. The maximum absolute atomic E-state index is 13.9. The molecule has 0 unspecified atom stereocenters. The van der Waals surface area contributed by atoms with Gasteiger partial charge in [0.05, 0.1) is 6.20 Å². The molecule has 5 nitrogen and oxygen atoms in total. The van der Waals surface area contributed by atoms with E-state index in [0.717, 1.165) is 0 Å². The Balaban J connectivity index is 1.67. The summed E-state index contributed by atoms with van der Waals surface area (Å²) in [6.45, 7) is 5.85. The highest BCUT2D eigenvalue weighted by Crippen LogP contribution is 2.28. The number of nitrogens with zero attached hydrogens (tertiary/aromatic N) is 3. The fraction of sp³-hybridized carbons (Fsp3) is 0.389. The molecule has 1 aromatic heterocycles. The second kappa shape index (κ2) is 7.31. The van der Waals surface area contributed by atoms with Gasteiger partial charge in [-0.25, -0.2) is 9.37 Å². The van der Waals surface area contributed by atoms with Crippen LogP contribution in [0, 0.1) is 11.7 Å². The summed E-state index contributed by atoms with van der Waals surface area (Å²) in [7, 11) is 0. The van der Waals surface area contributed by atoms with E-state index in [4.69, 9.17) is 0 Å². The molecule has 0 N–H and O–H groups in total. The molecule has 0 bridgehead atoms. The standard InChI is InChI=1S/C18H20FN3O2S/c1-12(2)17(23)21-7-9-22(10-8-21)18(24)15-11-20-16(25-15)13-5-3-4-6-14(13)19/h3-6,11-12H,7-10H2,1-2H3. The molecule has 7 heteroatoms. The number of halogens is 1. The highest BCUT2D eigenvalue weighted by Gasteiger charge is 2.27. The van der Waals surface area contributed by atoms with E-state index in [1.807, 2.05) is 13.8 Å². The van der Waals surface area contributed by atoms with Crippen molar-refractivity contribution in [3.8, 4) is 10.6 Å². The van der Waals surface area contributed by atoms with Gasteiger partial charge in [0.1, 0.15) is 15.7 Å². The van der Waals surface area contributed by atoms with Crippen LogP contribution in [0.5, 0.6) is 0 Å². The van der Waals surface area contributed by atoms with E-state index in [0.29, 0.717) is 41.6 Å². The molecule has 2 aromatic rings. The van der Waals surface area contributed by atoms with Gasteiger partial charge in [0.2, 0.25) is 5.91 Å². The van der Waals surface area contributed by atoms with Gasteiger partial charge in [0.25, 0.3) is 5.91 Å². The molecule has 0 spiro atoms. The number of rotatable bonds is 3. The molecule has 25 heavy (non-hydrogen) atoms. The molecular weight excluding hydrogens is 341 g/mol. The molecule has 0 radical (unpaired) electrons. The summed E-state index contributed by atoms with van der Waals surface area (Å²) >= 11 is 1.19. The van der Waals surface area contributed by atoms with E-state index >= 15 is 0 Å². The first-order valence-corrected chi connectivity index (χ1v) is 9.08. The summed E-state index contributed by atoms with van der Waals surface area (Å²) in [4.78, 5) is 32.9. The van der Waals surface area contributed by atoms with E-state index in [-0.39, 0.29) is 23.5 Å². The van der Waals surface area contributed by atoms with Crippen molar-refractivity contribution in [3.63, 3.8) is 0 Å². The van der Waals surface area contributed by atoms with Crippen molar-refractivity contribution in [2.75, 3.05) is 26.2 Å². The van der Waals surface area contributed by atoms with Crippen LogP contribution in [0.4, 0.5) is 4.39 Å². The minimum absolute atomic E-state index is 0.0351. The molecule has 3 rings (SSSR count). The van der Waals surface area contributed by atoms with Crippen LogP contribution in [0.2, 0.25) is 0 Å². The SMILES string of the molecule is CC(C)C(=O)N1CCN(C(=O)c2cnc(-c3ccccc3F)s2)CC1. The minimum Gasteiger partial charge on any atom is -0.339 e. The van der Waals surface area contributed by atoms with Gasteiger partial charge >= 0.3 is 0 Å². The Kier molecular flexibility index (Phi) is 5.13. The summed E-state index contributed by atoms with van der Waals surface area (Å²) in [5.41, 5.74) is 0.402. The van der Waals surface area contributed by atoms with Gasteiger partial charge < -0.3 is 9.80 Å². The third kappa shape index (κ3) is 3.71. The second-order valence-corrected chi connectivity index (χ2v) is 7.31. The largest absolute Gasteiger partial charge is 0.339 e. The number of aromatic nitrogens is 1. The first kappa shape index (κ1) is 17.5. The molecule has 1 aromatic carbocycles. The average molecular weight is 361 g/mol. The quantitative estimate of drug-likeness (QED) is 0.845. The van der Waals surface area contributed by atoms with E-state index in [2.05, 4.69) is 4.98 Å². The monoisotopic (exact) mass is 361 g/mol. The lowest BCUT2D eigenvalue weighted by Crippen LogP contribution is -2.51. The summed E-state index contributed by atoms with van der Waals surface area (Å²) in [5, 5.41) is 0.495. The minimum atomic E-state index is -0.350. The number of carbonyl (C=O) groups is 2. The molecular formula is C18H20FN3O2S. The fourth-order valence-electron chi connectivity index (χ4n) is 2.78. The van der Waals surface area contributed by atoms with Crippen LogP contribution < -0.4 is 0 Å². The van der Waals surface area contributed by atoms with Crippen molar-refractivity contribution in [2.24, 2.45) is 5.92 Å². The highest BCUT2D eigenvalue weighted by atomic mass is 32.1. The molecule has 0 saturated carbocycles. The lowest BCUT2D eigenvalue weighted by Gasteiger charge is -2.35. The van der Waals surface area contributed by atoms with Crippen molar-refractivity contribution >= 4 is 23.2 Å². The number of piperazine rings is 1. The van der Waals surface area contributed by atoms with Gasteiger partial charge in [0.15, 0.2) is 0 Å². The van der Waals surface area contributed by atoms with Gasteiger partial charge in [-0.15, -0.1) is 11.3 Å². The zero-order chi connectivity index (χ0) is 18.0. The molecule has 1 saturated heterocycles. The zero-order valence-electron chi connectivity index (χ0n) is 14.2. The molecule has 0 atom stereocenters. The van der Waals surface area contributed by atoms with Crippen LogP contribution in [-0.2, 0) is 4.79 Å². The van der Waals surface area contributed by atoms with Crippen molar-refractivity contribution < 1.29 is 14.0 Å². The predicted molar refractivity (Wildman–Crippen MR) is 94.8 cm³/mol. The molecule has 1 fully saturated rings. The lowest BCUT2D eigenvalue weighted by molar-refractivity contribution is -0.135. The Labute approximate surface area is 150 Å². The summed E-state index contributed by atoms with van der Waals surface area (Å²) in [6, 6.07) is 6.39. The molecule has 2 heterocycles. The fourth-order valence-corrected chi connectivity index (χ4v) is 3.69. The van der Waals surface area contributed by atoms with Crippen LogP contribution in [-0.4, -0.2) is 52.8 Å². The van der Waals surface area contributed by atoms with E-state index < -0.39 is 0 Å². The number of benzene rings is 1. The third-order valence-electron chi connectivity index (χ3n) is 4.19. The van der Waals surface area contributed by atoms with Gasteiger partial charge in [-0.05, 0) is 12.1 Å². The van der Waals surface area contributed by atoms with Crippen LogP contribution >= 0.6 is 11.3 Å². The van der Waals surface area contributed by atoms with E-state index in [9.17, 15) is 14.0 Å². The van der Waals surface area contributed by atoms with Crippen LogP contribution in [0.15, 0.2) is 30.5 Å². The lowest BCUT2D eigenvalue weighted by atomic mass is 10.1. The molecule has 0 aliphatic carbocycles. The van der Waals surface area contributed by atoms with E-state index in [1.165, 1.54) is 23.6 Å². The van der Waals surface area contributed by atoms with Crippen LogP contribution in [0.1, 0.15) is 23.5 Å². The zero-order valence-corrected chi connectivity index (χ0v) is 15.1. The van der Waals surface area contributed by atoms with Crippen molar-refractivity contribution in [2.45, 2.75) is 13.8 Å². The van der Waals surface area contributed by atoms with Crippen molar-refractivity contribution in [3.05, 3.63) is 41.2 Å². The van der Waals surface area contributed by atoms with Gasteiger partial charge in [-0.3, -0.25) is 9.59 Å². The Hall–Kier alpha value is -2.28. The maximum Gasteiger partial charge on any atom is 0.265 e. The molecule has 1 aliphatic heterocycles. The summed E-state index contributed by atoms with van der Waals surface area (Å²) in [6.07, 6.45) is 1.50. The average Bonchev–Trinajstić information content (AvgIpc) is 3.10. The molecule has 132 valence electrons. The van der Waals surface area contributed by atoms with Crippen LogP contribution in [0.3, 0.4) is 0 Å². The molecule has 2 amide bonds.